The molecule has 2 unspecified atom stereocenters. The van der Waals surface area contributed by atoms with Gasteiger partial charge in [-0.2, -0.15) is 0 Å². The van der Waals surface area contributed by atoms with Crippen molar-refractivity contribution >= 4 is 35.2 Å². The number of aliphatic hydroxyl groups excluding tert-OH is 1. The predicted molar refractivity (Wildman–Crippen MR) is 179 cm³/mol. The minimum Gasteiger partial charge on any atom is -0.384 e. The number of nitrogens with one attached hydrogen (secondary N) is 3. The van der Waals surface area contributed by atoms with Crippen molar-refractivity contribution in [3.05, 3.63) is 41.3 Å². The van der Waals surface area contributed by atoms with Gasteiger partial charge in [0.05, 0.1) is 11.4 Å². The second-order valence-corrected chi connectivity index (χ2v) is 10.4. The highest BCUT2D eigenvalue weighted by Crippen LogP contribution is 2.31. The summed E-state index contributed by atoms with van der Waals surface area (Å²) in [6.45, 7) is 27.5. The van der Waals surface area contributed by atoms with Crippen LogP contribution in [0.3, 0.4) is 0 Å². The van der Waals surface area contributed by atoms with Gasteiger partial charge in [0.25, 0.3) is 0 Å². The summed E-state index contributed by atoms with van der Waals surface area (Å²) < 4.78 is 3.39. The lowest BCUT2D eigenvalue weighted by Gasteiger charge is -2.14. The van der Waals surface area contributed by atoms with Crippen molar-refractivity contribution in [3.8, 4) is 0 Å². The summed E-state index contributed by atoms with van der Waals surface area (Å²) in [5.74, 6) is 0. The second kappa shape index (κ2) is 26.8. The number of nitrogens with zero attached hydrogens (tertiary/aromatic N) is 1. The zero-order valence-corrected chi connectivity index (χ0v) is 27.9. The molecule has 5 nitrogen and oxygen atoms in total. The molecule has 0 fully saturated rings. The molecule has 0 saturated heterocycles. The molecule has 0 radical (unpaired) electrons. The van der Waals surface area contributed by atoms with Crippen molar-refractivity contribution in [1.29, 1.82) is 0 Å². The first-order chi connectivity index (χ1) is 18.1. The summed E-state index contributed by atoms with van der Waals surface area (Å²) in [5.41, 5.74) is 2.98. The van der Waals surface area contributed by atoms with Crippen LogP contribution in [0.1, 0.15) is 116 Å². The van der Waals surface area contributed by atoms with Crippen molar-refractivity contribution in [3.63, 3.8) is 0 Å². The Balaban J connectivity index is -0.00000105. The molecule has 0 amide bonds. The van der Waals surface area contributed by atoms with E-state index in [1.54, 1.807) is 18.9 Å². The molecule has 2 atom stereocenters. The maximum atomic E-state index is 9.38. The lowest BCUT2D eigenvalue weighted by molar-refractivity contribution is 0.150. The number of unbranched alkanes of at least 4 members (excludes halogenated alkanes) is 3. The minimum atomic E-state index is -0.526. The van der Waals surface area contributed by atoms with Crippen molar-refractivity contribution in [1.82, 2.24) is 5.32 Å². The molecule has 0 aliphatic carbocycles. The van der Waals surface area contributed by atoms with E-state index in [4.69, 9.17) is 4.99 Å². The van der Waals surface area contributed by atoms with Crippen molar-refractivity contribution in [2.75, 3.05) is 16.6 Å². The highest BCUT2D eigenvalue weighted by atomic mass is 32.2. The normalized spacial score (nSPS) is 12.9. The summed E-state index contributed by atoms with van der Waals surface area (Å²) in [4.78, 5) is 5.79. The molecule has 0 heterocycles. The van der Waals surface area contributed by atoms with Crippen LogP contribution < -0.4 is 15.4 Å². The summed E-state index contributed by atoms with van der Waals surface area (Å²) in [6, 6.07) is 6.26. The summed E-state index contributed by atoms with van der Waals surface area (Å²) in [7, 11) is 0. The van der Waals surface area contributed by atoms with E-state index in [0.717, 1.165) is 28.5 Å². The Morgan fingerprint density at radius 3 is 2.05 bits per heavy atom. The molecular formula is C32H62N4OS. The first-order valence-corrected chi connectivity index (χ1v) is 15.5. The van der Waals surface area contributed by atoms with Gasteiger partial charge >= 0.3 is 0 Å². The standard InChI is InChI=1S/C22H36N4OS.C6H14.2C2H6/c1-8-19(12-10-16(3)25-17(4)27)28-26-18-11-13-20(23-9-2)21(14-18)24-15-22(5,6)7;1-3-5-6-4-2;2*1-2/h8,10-17,23,25-27H,9H2,1-7H3;3-6H2,1-2H3;2*1-2H3/b12-10-,19-8+,24-15?;;;. The number of hydrogen-bond acceptors (Lipinski definition) is 6. The molecule has 0 aromatic heterocycles. The van der Waals surface area contributed by atoms with Gasteiger partial charge in [-0.1, -0.05) is 100 Å². The van der Waals surface area contributed by atoms with Gasteiger partial charge in [-0.3, -0.25) is 10.3 Å². The Hall–Kier alpha value is -1.76. The zero-order chi connectivity index (χ0) is 30.0. The maximum absolute atomic E-state index is 9.38. The van der Waals surface area contributed by atoms with Crippen molar-refractivity contribution in [2.24, 2.45) is 10.4 Å². The van der Waals surface area contributed by atoms with Crippen LogP contribution in [0.25, 0.3) is 0 Å². The smallest absolute Gasteiger partial charge is 0.102 e. The first kappa shape index (κ1) is 40.7. The van der Waals surface area contributed by atoms with Gasteiger partial charge in [0.2, 0.25) is 0 Å². The zero-order valence-electron chi connectivity index (χ0n) is 27.0. The fourth-order valence-electron chi connectivity index (χ4n) is 2.79. The minimum absolute atomic E-state index is 0.0291. The summed E-state index contributed by atoms with van der Waals surface area (Å²) in [6.07, 6.45) is 13.1. The van der Waals surface area contributed by atoms with Crippen LogP contribution in [0.15, 0.2) is 46.3 Å². The van der Waals surface area contributed by atoms with E-state index < -0.39 is 6.23 Å². The molecule has 38 heavy (non-hydrogen) atoms. The second-order valence-electron chi connectivity index (χ2n) is 9.48. The molecular weight excluding hydrogens is 488 g/mol. The van der Waals surface area contributed by atoms with Crippen LogP contribution >= 0.6 is 11.9 Å². The Bertz CT molecular complexity index is 748. The van der Waals surface area contributed by atoms with Gasteiger partial charge in [0, 0.05) is 29.4 Å². The fraction of sp³-hybridized carbons (Fsp3) is 0.656. The molecule has 1 rings (SSSR count). The van der Waals surface area contributed by atoms with Crippen LogP contribution in [0.2, 0.25) is 0 Å². The Morgan fingerprint density at radius 2 is 1.61 bits per heavy atom. The van der Waals surface area contributed by atoms with E-state index in [-0.39, 0.29) is 11.5 Å². The van der Waals surface area contributed by atoms with Crippen molar-refractivity contribution in [2.45, 2.75) is 128 Å². The van der Waals surface area contributed by atoms with E-state index in [9.17, 15) is 5.11 Å². The SMILES string of the molecule is C/C=C(\C=C/C(C)NC(C)O)SNc1ccc(NCC)c(N=CC(C)(C)C)c1.CC.CC.CCCCCC. The van der Waals surface area contributed by atoms with Crippen LogP contribution in [0, 0.1) is 5.41 Å². The molecule has 1 aromatic rings. The van der Waals surface area contributed by atoms with Gasteiger partial charge in [0.15, 0.2) is 0 Å². The van der Waals surface area contributed by atoms with Crippen LogP contribution in [-0.4, -0.2) is 30.1 Å². The topological polar surface area (TPSA) is 68.7 Å². The Kier molecular flexibility index (Phi) is 28.8. The van der Waals surface area contributed by atoms with Crippen molar-refractivity contribution < 1.29 is 5.11 Å². The summed E-state index contributed by atoms with van der Waals surface area (Å²) in [5, 5.41) is 15.8. The highest BCUT2D eigenvalue weighted by molar-refractivity contribution is 8.04. The van der Waals surface area contributed by atoms with Crippen LogP contribution in [-0.2, 0) is 0 Å². The van der Waals surface area contributed by atoms with Gasteiger partial charge in [-0.15, -0.1) is 0 Å². The van der Waals surface area contributed by atoms with Crippen LogP contribution in [0.4, 0.5) is 17.1 Å². The Labute approximate surface area is 241 Å². The third-order valence-electron chi connectivity index (χ3n) is 4.54. The van der Waals surface area contributed by atoms with Crippen LogP contribution in [0.5, 0.6) is 0 Å². The Morgan fingerprint density at radius 1 is 1.03 bits per heavy atom. The lowest BCUT2D eigenvalue weighted by Crippen LogP contribution is -2.32. The lowest BCUT2D eigenvalue weighted by atomic mass is 9.99. The number of rotatable bonds is 13. The number of allylic oxidation sites excluding steroid dienone is 2. The maximum Gasteiger partial charge on any atom is 0.102 e. The molecule has 4 N–H and O–H groups in total. The number of hydrogen-bond donors (Lipinski definition) is 4. The summed E-state index contributed by atoms with van der Waals surface area (Å²) >= 11 is 1.55. The molecule has 6 heteroatoms. The number of benzene rings is 1. The molecule has 0 aliphatic rings. The van der Waals surface area contributed by atoms with E-state index in [1.807, 2.05) is 59.9 Å². The molecule has 0 bridgehead atoms. The molecule has 0 saturated carbocycles. The van der Waals surface area contributed by atoms with Gasteiger partial charge in [-0.25, -0.2) is 0 Å². The highest BCUT2D eigenvalue weighted by Gasteiger charge is 2.08. The number of anilines is 2. The molecule has 1 aromatic carbocycles. The quantitative estimate of drug-likeness (QED) is 0.0646. The molecule has 0 aliphatic heterocycles. The monoisotopic (exact) mass is 550 g/mol. The van der Waals surface area contributed by atoms with Gasteiger partial charge < -0.3 is 15.1 Å². The van der Waals surface area contributed by atoms with E-state index in [2.05, 4.69) is 81.2 Å². The number of aliphatic hydroxyl groups is 1. The van der Waals surface area contributed by atoms with E-state index in [0.29, 0.717) is 0 Å². The first-order valence-electron chi connectivity index (χ1n) is 14.7. The molecule has 222 valence electrons. The predicted octanol–water partition coefficient (Wildman–Crippen LogP) is 10.3. The largest absolute Gasteiger partial charge is 0.384 e. The third kappa shape index (κ3) is 24.6. The third-order valence-corrected chi connectivity index (χ3v) is 5.48. The average molecular weight is 551 g/mol. The number of aliphatic imine (C=N–C) groups is 1. The average Bonchev–Trinajstić information content (AvgIpc) is 2.89. The van der Waals surface area contributed by atoms with E-state index in [1.165, 1.54) is 25.7 Å². The molecule has 0 spiro atoms. The van der Waals surface area contributed by atoms with E-state index >= 15 is 0 Å². The van der Waals surface area contributed by atoms with Gasteiger partial charge in [0.1, 0.15) is 6.23 Å². The fourth-order valence-corrected chi connectivity index (χ4v) is 3.41. The van der Waals surface area contributed by atoms with Gasteiger partial charge in [-0.05, 0) is 69.3 Å².